The van der Waals surface area contributed by atoms with Gasteiger partial charge < -0.3 is 0 Å². The summed E-state index contributed by atoms with van der Waals surface area (Å²) in [5.74, 6) is 0.216. The van der Waals surface area contributed by atoms with Crippen LogP contribution in [-0.2, 0) is 25.7 Å². The molecule has 0 saturated heterocycles. The van der Waals surface area contributed by atoms with Crippen LogP contribution in [0.4, 0.5) is 0 Å². The van der Waals surface area contributed by atoms with Gasteiger partial charge in [-0.3, -0.25) is 0 Å². The molecule has 14 heteroatoms. The van der Waals surface area contributed by atoms with Crippen LogP contribution in [0.1, 0.15) is 50.5 Å². The number of nitrogens with zero attached hydrogens (tertiary/aromatic N) is 6. The second-order valence-electron chi connectivity index (χ2n) is 8.11. The van der Waals surface area contributed by atoms with Crippen molar-refractivity contribution in [3.63, 3.8) is 0 Å². The van der Waals surface area contributed by atoms with Crippen LogP contribution in [0.3, 0.4) is 0 Å². The van der Waals surface area contributed by atoms with Gasteiger partial charge in [-0.25, -0.2) is 0 Å². The molecular formula is C24H26N8O4Se2. The average Bonchev–Trinajstić information content (AvgIpc) is 2.90. The monoisotopic (exact) mass is 650 g/mol. The Morgan fingerprint density at radius 2 is 0.921 bits per heavy atom. The first-order valence-corrected chi connectivity index (χ1v) is 18.1. The molecule has 4 heterocycles. The van der Waals surface area contributed by atoms with Gasteiger partial charge >= 0.3 is 228 Å². The molecule has 2 N–H and O–H groups in total. The summed E-state index contributed by atoms with van der Waals surface area (Å²) in [6.45, 7) is 7.55. The molecule has 0 bridgehead atoms. The van der Waals surface area contributed by atoms with E-state index in [1.165, 1.54) is 33.4 Å². The molecule has 0 spiro atoms. The maximum absolute atomic E-state index is 13.2. The van der Waals surface area contributed by atoms with Gasteiger partial charge in [-0.1, -0.05) is 0 Å². The van der Waals surface area contributed by atoms with Gasteiger partial charge in [0.15, 0.2) is 0 Å². The first-order valence-electron chi connectivity index (χ1n) is 12.1. The molecule has 4 rings (SSSR count). The molecular weight excluding hydrogens is 622 g/mol. The van der Waals surface area contributed by atoms with E-state index in [2.05, 4.69) is 19.9 Å². The zero-order valence-electron chi connectivity index (χ0n) is 21.3. The standard InChI is InChI=1S/C24H26N8O4Se2/c1-5-13-9-17(33)29-21(25-13)31-19(35)11-15(7-3)27-23(31)37-38-24-28-16(8-4)12-20(36)32(24)22-26-14(6-2)10-18(34)30-22/h9-12H,5-8H2,1-4H3,(H,25,29,33)(H,26,30,34). The molecule has 4 aromatic heterocycles. The Kier molecular flexibility index (Phi) is 8.68. The molecule has 0 unspecified atom stereocenters. The minimum atomic E-state index is -0.464. The topological polar surface area (TPSA) is 161 Å². The van der Waals surface area contributed by atoms with Crippen LogP contribution in [0, 0.1) is 0 Å². The quantitative estimate of drug-likeness (QED) is 0.207. The Morgan fingerprint density at radius 3 is 1.26 bits per heavy atom. The number of nitrogens with one attached hydrogen (secondary N) is 2. The molecule has 0 atom stereocenters. The molecule has 0 saturated carbocycles. The van der Waals surface area contributed by atoms with E-state index in [4.69, 9.17) is 9.97 Å². The fourth-order valence-corrected chi connectivity index (χ4v) is 9.59. The number of aromatic amines is 2. The molecule has 0 amide bonds. The van der Waals surface area contributed by atoms with E-state index in [0.717, 1.165) is 0 Å². The molecule has 0 aliphatic rings. The van der Waals surface area contributed by atoms with E-state index in [-0.39, 0.29) is 34.1 Å². The van der Waals surface area contributed by atoms with Crippen molar-refractivity contribution in [3.8, 4) is 11.9 Å². The van der Waals surface area contributed by atoms with Gasteiger partial charge in [0.1, 0.15) is 0 Å². The van der Waals surface area contributed by atoms with E-state index < -0.39 is 26.3 Å². The third-order valence-corrected chi connectivity index (χ3v) is 11.6. The third-order valence-electron chi connectivity index (χ3n) is 5.51. The van der Waals surface area contributed by atoms with Crippen LogP contribution in [0.5, 0.6) is 0 Å². The summed E-state index contributed by atoms with van der Waals surface area (Å²) in [7, 11) is 0. The van der Waals surface area contributed by atoms with Crippen LogP contribution >= 0.6 is 0 Å². The summed E-state index contributed by atoms with van der Waals surface area (Å²) in [5.41, 5.74) is 0.903. The molecule has 0 radical (unpaired) electrons. The first kappa shape index (κ1) is 27.6. The number of aromatic nitrogens is 8. The molecule has 38 heavy (non-hydrogen) atoms. The predicted octanol–water partition coefficient (Wildman–Crippen LogP) is -1.53. The first-order chi connectivity index (χ1) is 18.3. The Hall–Kier alpha value is -3.44. The number of H-pyrrole nitrogens is 2. The van der Waals surface area contributed by atoms with Crippen molar-refractivity contribution in [2.75, 3.05) is 0 Å². The fourth-order valence-electron chi connectivity index (χ4n) is 3.51. The summed E-state index contributed by atoms with van der Waals surface area (Å²) in [5, 5.41) is 0. The van der Waals surface area contributed by atoms with Gasteiger partial charge in [0, 0.05) is 0 Å². The summed E-state index contributed by atoms with van der Waals surface area (Å²) >= 11 is -0.928. The van der Waals surface area contributed by atoms with Gasteiger partial charge in [0.05, 0.1) is 0 Å². The number of hydrogen-bond donors (Lipinski definition) is 2. The Balaban J connectivity index is 1.86. The summed E-state index contributed by atoms with van der Waals surface area (Å²) in [4.78, 5) is 74.4. The van der Waals surface area contributed by atoms with Crippen LogP contribution in [-0.4, -0.2) is 65.3 Å². The van der Waals surface area contributed by atoms with Gasteiger partial charge in [0.25, 0.3) is 0 Å². The van der Waals surface area contributed by atoms with Crippen LogP contribution in [0.2, 0.25) is 0 Å². The van der Waals surface area contributed by atoms with Crippen molar-refractivity contribution in [1.82, 2.24) is 39.0 Å². The minimum absolute atomic E-state index is 0.108. The van der Waals surface area contributed by atoms with Gasteiger partial charge in [-0.15, -0.1) is 0 Å². The van der Waals surface area contributed by atoms with E-state index in [9.17, 15) is 19.2 Å². The van der Waals surface area contributed by atoms with E-state index in [1.54, 1.807) is 0 Å². The van der Waals surface area contributed by atoms with Crippen molar-refractivity contribution in [3.05, 3.63) is 88.5 Å². The molecule has 198 valence electrons. The third kappa shape index (κ3) is 5.99. The van der Waals surface area contributed by atoms with Crippen LogP contribution < -0.4 is 31.7 Å². The number of hydrogen-bond acceptors (Lipinski definition) is 8. The van der Waals surface area contributed by atoms with Gasteiger partial charge in [0.2, 0.25) is 0 Å². The molecule has 0 aliphatic heterocycles. The van der Waals surface area contributed by atoms with Crippen LogP contribution in [0.15, 0.2) is 43.4 Å². The van der Waals surface area contributed by atoms with Crippen molar-refractivity contribution in [1.29, 1.82) is 0 Å². The average molecular weight is 648 g/mol. The molecule has 0 aliphatic carbocycles. The van der Waals surface area contributed by atoms with Crippen molar-refractivity contribution < 1.29 is 0 Å². The SMILES string of the molecule is CCc1cc(=O)[nH]c(-n2c([Se][Se]c3nc(CC)cc(=O)n3-c3nc(CC)cc(=O)[nH]3)nc(CC)cc2=O)n1. The Bertz CT molecular complexity index is 1600. The van der Waals surface area contributed by atoms with Gasteiger partial charge in [-0.05, 0) is 0 Å². The summed E-state index contributed by atoms with van der Waals surface area (Å²) in [6.07, 6.45) is 2.15. The fraction of sp³-hybridized carbons (Fsp3) is 0.333. The zero-order valence-corrected chi connectivity index (χ0v) is 24.7. The maximum atomic E-state index is 13.2. The van der Waals surface area contributed by atoms with E-state index in [0.29, 0.717) is 57.9 Å². The Labute approximate surface area is 227 Å². The van der Waals surface area contributed by atoms with E-state index in [1.807, 2.05) is 27.7 Å². The van der Waals surface area contributed by atoms with Crippen LogP contribution in [0.25, 0.3) is 11.9 Å². The molecule has 12 nitrogen and oxygen atoms in total. The number of rotatable bonds is 9. The predicted molar refractivity (Wildman–Crippen MR) is 145 cm³/mol. The van der Waals surface area contributed by atoms with Crippen molar-refractivity contribution in [2.24, 2.45) is 0 Å². The molecule has 0 aromatic carbocycles. The Morgan fingerprint density at radius 1 is 0.579 bits per heavy atom. The second kappa shape index (κ2) is 12.0. The molecule has 0 fully saturated rings. The van der Waals surface area contributed by atoms with E-state index >= 15 is 0 Å². The molecule has 4 aromatic rings. The van der Waals surface area contributed by atoms with Crippen molar-refractivity contribution >= 4 is 35.7 Å². The normalized spacial score (nSPS) is 11.2. The summed E-state index contributed by atoms with van der Waals surface area (Å²) < 4.78 is 3.55. The van der Waals surface area contributed by atoms with Crippen molar-refractivity contribution in [2.45, 2.75) is 53.4 Å². The second-order valence-corrected chi connectivity index (χ2v) is 14.0. The summed E-state index contributed by atoms with van der Waals surface area (Å²) in [6, 6.07) is 5.66. The zero-order chi connectivity index (χ0) is 27.4. The van der Waals surface area contributed by atoms with Gasteiger partial charge in [-0.2, -0.15) is 0 Å². The number of aryl methyl sites for hydroxylation is 4.